The second-order valence-electron chi connectivity index (χ2n) is 9.77. The second kappa shape index (κ2) is 18.7. The van der Waals surface area contributed by atoms with Gasteiger partial charge in [0.1, 0.15) is 0 Å². The van der Waals surface area contributed by atoms with Gasteiger partial charge in [0.15, 0.2) is 0 Å². The number of rotatable bonds is 18. The highest BCUT2D eigenvalue weighted by Crippen LogP contribution is 2.11. The molecule has 6 N–H and O–H groups in total. The van der Waals surface area contributed by atoms with Crippen LogP contribution in [0.5, 0.6) is 0 Å². The molecule has 15 heteroatoms. The van der Waals surface area contributed by atoms with Crippen LogP contribution in [-0.2, 0) is 38.2 Å². The summed E-state index contributed by atoms with van der Waals surface area (Å²) in [6.07, 6.45) is 0. The quantitative estimate of drug-likeness (QED) is 0.0982. The smallest absolute Gasteiger partial charge is 0.319 e. The van der Waals surface area contributed by atoms with Crippen LogP contribution in [0.2, 0.25) is 0 Å². The number of nitrogen functional groups attached to an aromatic ring is 2. The number of hydrogen-bond donors (Lipinski definition) is 4. The third-order valence-corrected chi connectivity index (χ3v) is 6.33. The van der Waals surface area contributed by atoms with Crippen LogP contribution in [-0.4, -0.2) is 125 Å². The maximum Gasteiger partial charge on any atom is 0.319 e. The zero-order valence-corrected chi connectivity index (χ0v) is 25.2. The van der Waals surface area contributed by atoms with Gasteiger partial charge >= 0.3 is 17.9 Å². The zero-order valence-electron chi connectivity index (χ0n) is 25.2. The number of esters is 3. The van der Waals surface area contributed by atoms with Gasteiger partial charge in [0, 0.05) is 48.9 Å². The molecule has 0 heterocycles. The molecule has 0 atom stereocenters. The maximum atomic E-state index is 12.7. The van der Waals surface area contributed by atoms with Crippen LogP contribution in [0.3, 0.4) is 0 Å². The number of nitrogens with zero attached hydrogens (tertiary/aromatic N) is 3. The van der Waals surface area contributed by atoms with Gasteiger partial charge in [-0.1, -0.05) is 0 Å². The Labute approximate surface area is 256 Å². The van der Waals surface area contributed by atoms with E-state index in [2.05, 4.69) is 10.6 Å². The zero-order chi connectivity index (χ0) is 32.5. The highest BCUT2D eigenvalue weighted by Gasteiger charge is 2.21. The fourth-order valence-corrected chi connectivity index (χ4v) is 3.95. The van der Waals surface area contributed by atoms with E-state index in [-0.39, 0.29) is 70.7 Å². The van der Waals surface area contributed by atoms with Crippen molar-refractivity contribution in [1.29, 1.82) is 0 Å². The monoisotopic (exact) mass is 615 g/mol. The average molecular weight is 616 g/mol. The van der Waals surface area contributed by atoms with E-state index >= 15 is 0 Å². The van der Waals surface area contributed by atoms with E-state index in [0.29, 0.717) is 22.7 Å². The summed E-state index contributed by atoms with van der Waals surface area (Å²) < 4.78 is 14.4. The van der Waals surface area contributed by atoms with Gasteiger partial charge in [0.05, 0.1) is 54.1 Å². The number of amides is 2. The predicted molar refractivity (Wildman–Crippen MR) is 164 cm³/mol. The lowest BCUT2D eigenvalue weighted by Crippen LogP contribution is -2.46. The molecule has 2 aromatic carbocycles. The standard InChI is InChI=1S/C29H41N7O8/c1-42-27(39)18-34(12-14-35(19-28(40)43-2)16-25(37)32-23-8-4-21(30)5-9-23)13-15-36(20-29(41)44-3)17-26(38)33-24-10-6-22(31)7-11-24/h4-11H,12-20,30-31H2,1-3H3,(H,32,37)(H,33,38). The second-order valence-corrected chi connectivity index (χ2v) is 9.77. The number of nitrogens with one attached hydrogen (secondary N) is 2. The summed E-state index contributed by atoms with van der Waals surface area (Å²) in [5.74, 6) is -2.32. The van der Waals surface area contributed by atoms with E-state index in [1.165, 1.54) is 21.3 Å². The normalized spacial score (nSPS) is 10.9. The van der Waals surface area contributed by atoms with Crippen molar-refractivity contribution in [3.63, 3.8) is 0 Å². The first-order valence-corrected chi connectivity index (χ1v) is 13.7. The number of methoxy groups -OCH3 is 3. The molecule has 0 saturated carbocycles. The number of carbonyl (C=O) groups is 5. The Kier molecular flexibility index (Phi) is 15.1. The predicted octanol–water partition coefficient (Wildman–Crippen LogP) is -0.147. The van der Waals surface area contributed by atoms with Crippen LogP contribution in [0, 0.1) is 0 Å². The lowest BCUT2D eigenvalue weighted by Gasteiger charge is -2.28. The van der Waals surface area contributed by atoms with Crippen LogP contribution in [0.25, 0.3) is 0 Å². The maximum absolute atomic E-state index is 12.7. The summed E-state index contributed by atoms with van der Waals surface area (Å²) in [5.41, 5.74) is 13.6. The van der Waals surface area contributed by atoms with Crippen LogP contribution < -0.4 is 22.1 Å². The molecule has 0 aliphatic carbocycles. The Balaban J connectivity index is 2.07. The number of hydrogen-bond acceptors (Lipinski definition) is 13. The molecule has 2 amide bonds. The Morgan fingerprint density at radius 3 is 1.14 bits per heavy atom. The van der Waals surface area contributed by atoms with Crippen LogP contribution in [0.1, 0.15) is 0 Å². The minimum absolute atomic E-state index is 0.107. The molecule has 0 unspecified atom stereocenters. The Morgan fingerprint density at radius 1 is 0.523 bits per heavy atom. The van der Waals surface area contributed by atoms with Gasteiger partial charge in [-0.2, -0.15) is 0 Å². The highest BCUT2D eigenvalue weighted by molar-refractivity contribution is 5.93. The molecule has 0 aliphatic heterocycles. The Hall–Kier alpha value is -4.73. The van der Waals surface area contributed by atoms with Gasteiger partial charge in [-0.15, -0.1) is 0 Å². The van der Waals surface area contributed by atoms with Crippen molar-refractivity contribution in [2.75, 3.05) is 102 Å². The summed E-state index contributed by atoms with van der Waals surface area (Å²) in [5, 5.41) is 5.50. The van der Waals surface area contributed by atoms with E-state index in [4.69, 9.17) is 25.7 Å². The SMILES string of the molecule is COC(=O)CN(CCN(CC(=O)Nc1ccc(N)cc1)CC(=O)OC)CCN(CC(=O)Nc1ccc(N)cc1)CC(=O)OC. The molecule has 240 valence electrons. The number of anilines is 4. The molecule has 0 aromatic heterocycles. The van der Waals surface area contributed by atoms with Gasteiger partial charge in [-0.3, -0.25) is 38.7 Å². The van der Waals surface area contributed by atoms with Crippen molar-refractivity contribution in [3.05, 3.63) is 48.5 Å². The molecule has 0 fully saturated rings. The van der Waals surface area contributed by atoms with Crippen molar-refractivity contribution in [2.45, 2.75) is 0 Å². The van der Waals surface area contributed by atoms with Gasteiger partial charge < -0.3 is 36.3 Å². The molecule has 0 radical (unpaired) electrons. The molecule has 0 saturated heterocycles. The molecule has 0 bridgehead atoms. The van der Waals surface area contributed by atoms with E-state index in [9.17, 15) is 24.0 Å². The van der Waals surface area contributed by atoms with Crippen molar-refractivity contribution in [1.82, 2.24) is 14.7 Å². The van der Waals surface area contributed by atoms with Gasteiger partial charge in [-0.25, -0.2) is 0 Å². The topological polar surface area (TPSA) is 199 Å². The highest BCUT2D eigenvalue weighted by atomic mass is 16.5. The van der Waals surface area contributed by atoms with E-state index in [1.54, 1.807) is 63.2 Å². The van der Waals surface area contributed by atoms with E-state index < -0.39 is 17.9 Å². The molecule has 0 aliphatic rings. The summed E-state index contributed by atoms with van der Waals surface area (Å²) in [6.45, 7) is 0.178. The Morgan fingerprint density at radius 2 is 0.818 bits per heavy atom. The lowest BCUT2D eigenvalue weighted by atomic mass is 10.3. The van der Waals surface area contributed by atoms with Crippen molar-refractivity contribution in [3.8, 4) is 0 Å². The molecular formula is C29H41N7O8. The van der Waals surface area contributed by atoms with Gasteiger partial charge in [0.2, 0.25) is 11.8 Å². The van der Waals surface area contributed by atoms with Crippen LogP contribution in [0.15, 0.2) is 48.5 Å². The molecule has 15 nitrogen and oxygen atoms in total. The largest absolute Gasteiger partial charge is 0.468 e. The molecular weight excluding hydrogens is 574 g/mol. The third-order valence-electron chi connectivity index (χ3n) is 6.33. The summed E-state index contributed by atoms with van der Waals surface area (Å²) >= 11 is 0. The minimum atomic E-state index is -0.541. The summed E-state index contributed by atoms with van der Waals surface area (Å²) in [4.78, 5) is 66.7. The number of benzene rings is 2. The third kappa shape index (κ3) is 14.0. The van der Waals surface area contributed by atoms with Crippen molar-refractivity contribution >= 4 is 52.5 Å². The van der Waals surface area contributed by atoms with Crippen molar-refractivity contribution < 1.29 is 38.2 Å². The fraction of sp³-hybridized carbons (Fsp3) is 0.414. The number of nitrogens with two attached hydrogens (primary N) is 2. The molecule has 44 heavy (non-hydrogen) atoms. The number of carbonyl (C=O) groups excluding carboxylic acids is 5. The van der Waals surface area contributed by atoms with Crippen molar-refractivity contribution in [2.24, 2.45) is 0 Å². The van der Waals surface area contributed by atoms with E-state index in [0.717, 1.165) is 0 Å². The molecule has 0 spiro atoms. The first-order valence-electron chi connectivity index (χ1n) is 13.7. The number of ether oxygens (including phenoxy) is 3. The first kappa shape index (κ1) is 35.5. The first-order chi connectivity index (χ1) is 21.0. The van der Waals surface area contributed by atoms with Crippen LogP contribution in [0.4, 0.5) is 22.7 Å². The van der Waals surface area contributed by atoms with Crippen LogP contribution >= 0.6 is 0 Å². The molecule has 2 aromatic rings. The minimum Gasteiger partial charge on any atom is -0.468 e. The fourth-order valence-electron chi connectivity index (χ4n) is 3.95. The average Bonchev–Trinajstić information content (AvgIpc) is 3.00. The summed E-state index contributed by atoms with van der Waals surface area (Å²) in [6, 6.07) is 13.2. The Bertz CT molecular complexity index is 1150. The summed E-state index contributed by atoms with van der Waals surface area (Å²) in [7, 11) is 3.76. The lowest BCUT2D eigenvalue weighted by molar-refractivity contribution is -0.144. The van der Waals surface area contributed by atoms with Gasteiger partial charge in [-0.05, 0) is 48.5 Å². The van der Waals surface area contributed by atoms with Gasteiger partial charge in [0.25, 0.3) is 0 Å². The van der Waals surface area contributed by atoms with E-state index in [1.807, 2.05) is 0 Å². The molecule has 2 rings (SSSR count).